The number of halogens is 2. The molecule has 1 aromatic carbocycles. The number of likely N-dealkylation sites (tertiary alicyclic amines) is 1. The van der Waals surface area contributed by atoms with Crippen molar-refractivity contribution in [1.29, 1.82) is 0 Å². The van der Waals surface area contributed by atoms with Gasteiger partial charge in [-0.2, -0.15) is 0 Å². The fraction of sp³-hybridized carbons (Fsp3) is 0.444. The lowest BCUT2D eigenvalue weighted by molar-refractivity contribution is -0.125. The number of nitrogens with zero attached hydrogens (tertiary/aromatic N) is 3. The van der Waals surface area contributed by atoms with Crippen LogP contribution < -0.4 is 10.6 Å². The number of hydrogen-bond donors (Lipinski definition) is 3. The van der Waals surface area contributed by atoms with E-state index in [4.69, 9.17) is 4.98 Å². The van der Waals surface area contributed by atoms with E-state index in [1.54, 1.807) is 4.90 Å². The molecule has 8 nitrogen and oxygen atoms in total. The Kier molecular flexibility index (Phi) is 7.87. The number of benzene rings is 1. The molecule has 1 saturated heterocycles. The van der Waals surface area contributed by atoms with Gasteiger partial charge >= 0.3 is 0 Å². The Labute approximate surface area is 223 Å². The normalized spacial score (nSPS) is 21.8. The lowest BCUT2D eigenvalue weighted by Crippen LogP contribution is -2.43. The third kappa shape index (κ3) is 5.64. The second kappa shape index (κ2) is 11.3. The van der Waals surface area contributed by atoms with Gasteiger partial charge in [0.05, 0.1) is 26.9 Å². The summed E-state index contributed by atoms with van der Waals surface area (Å²) in [4.78, 5) is 31.8. The summed E-state index contributed by atoms with van der Waals surface area (Å²) in [5.74, 6) is -0.225. The topological polar surface area (TPSA) is 99.5 Å². The molecule has 3 N–H and O–H groups in total. The second-order valence-corrected chi connectivity index (χ2v) is 11.0. The van der Waals surface area contributed by atoms with Crippen molar-refractivity contribution in [2.24, 2.45) is 0 Å². The van der Waals surface area contributed by atoms with Gasteiger partial charge in [0.1, 0.15) is 0 Å². The van der Waals surface area contributed by atoms with Crippen molar-refractivity contribution < 1.29 is 23.5 Å². The highest BCUT2D eigenvalue weighted by molar-refractivity contribution is 7.14. The SMILES string of the molecule is C=CC(=O)N1CCC[C@@H](n2c(NC(=O)c3ccc(C(F)F)s3)nc3cc(CN[C@H]4C[C@H](O)C4)ccc32)CC1. The summed E-state index contributed by atoms with van der Waals surface area (Å²) >= 11 is 0.767. The number of anilines is 1. The molecule has 2 aromatic heterocycles. The third-order valence-electron chi connectivity index (χ3n) is 7.30. The van der Waals surface area contributed by atoms with Crippen LogP contribution in [0.2, 0.25) is 0 Å². The van der Waals surface area contributed by atoms with Crippen LogP contribution >= 0.6 is 11.3 Å². The van der Waals surface area contributed by atoms with E-state index >= 15 is 0 Å². The highest BCUT2D eigenvalue weighted by Crippen LogP contribution is 2.33. The minimum atomic E-state index is -2.63. The van der Waals surface area contributed by atoms with Gasteiger partial charge in [-0.05, 0) is 68.0 Å². The largest absolute Gasteiger partial charge is 0.393 e. The van der Waals surface area contributed by atoms with Crippen LogP contribution in [0.3, 0.4) is 0 Å². The number of hydrogen-bond acceptors (Lipinski definition) is 6. The smallest absolute Gasteiger partial charge is 0.272 e. The van der Waals surface area contributed by atoms with Crippen LogP contribution in [0.1, 0.15) is 64.7 Å². The van der Waals surface area contributed by atoms with Crippen molar-refractivity contribution in [1.82, 2.24) is 19.8 Å². The number of imidazole rings is 1. The molecule has 11 heteroatoms. The summed E-state index contributed by atoms with van der Waals surface area (Å²) in [7, 11) is 0. The Morgan fingerprint density at radius 3 is 2.74 bits per heavy atom. The van der Waals surface area contributed by atoms with E-state index in [0.717, 1.165) is 53.6 Å². The summed E-state index contributed by atoms with van der Waals surface area (Å²) < 4.78 is 28.2. The zero-order valence-electron chi connectivity index (χ0n) is 20.9. The maximum absolute atomic E-state index is 13.1. The van der Waals surface area contributed by atoms with Crippen molar-refractivity contribution in [3.05, 3.63) is 58.3 Å². The van der Waals surface area contributed by atoms with Crippen molar-refractivity contribution in [3.8, 4) is 0 Å². The number of thiophene rings is 1. The molecule has 5 rings (SSSR count). The number of carbonyl (C=O) groups is 2. The third-order valence-corrected chi connectivity index (χ3v) is 8.39. The van der Waals surface area contributed by atoms with Gasteiger partial charge in [0.15, 0.2) is 0 Å². The Hall–Kier alpha value is -3.15. The number of rotatable bonds is 8. The summed E-state index contributed by atoms with van der Waals surface area (Å²) in [6, 6.07) is 8.94. The van der Waals surface area contributed by atoms with Gasteiger partial charge in [-0.3, -0.25) is 14.9 Å². The molecule has 1 atom stereocenters. The van der Waals surface area contributed by atoms with Crippen molar-refractivity contribution >= 4 is 40.1 Å². The van der Waals surface area contributed by atoms with E-state index in [-0.39, 0.29) is 27.8 Å². The number of carbonyl (C=O) groups excluding carboxylic acids is 2. The Bertz CT molecular complexity index is 1330. The fourth-order valence-corrected chi connectivity index (χ4v) is 5.93. The molecule has 1 aliphatic carbocycles. The minimum Gasteiger partial charge on any atom is -0.393 e. The first-order valence-electron chi connectivity index (χ1n) is 12.8. The van der Waals surface area contributed by atoms with Gasteiger partial charge in [0.2, 0.25) is 11.9 Å². The molecule has 0 radical (unpaired) electrons. The summed E-state index contributed by atoms with van der Waals surface area (Å²) in [6.45, 7) is 5.42. The van der Waals surface area contributed by atoms with Crippen LogP contribution in [-0.4, -0.2) is 56.6 Å². The predicted octanol–water partition coefficient (Wildman–Crippen LogP) is 4.64. The van der Waals surface area contributed by atoms with E-state index in [0.29, 0.717) is 38.0 Å². The molecule has 3 heterocycles. The Morgan fingerprint density at radius 2 is 2.03 bits per heavy atom. The van der Waals surface area contributed by atoms with E-state index in [1.165, 1.54) is 18.2 Å². The van der Waals surface area contributed by atoms with Crippen molar-refractivity contribution in [3.63, 3.8) is 0 Å². The lowest BCUT2D eigenvalue weighted by atomic mass is 9.89. The number of amides is 2. The Morgan fingerprint density at radius 1 is 1.21 bits per heavy atom. The van der Waals surface area contributed by atoms with E-state index in [2.05, 4.69) is 17.2 Å². The summed E-state index contributed by atoms with van der Waals surface area (Å²) in [5.41, 5.74) is 2.61. The van der Waals surface area contributed by atoms with Gasteiger partial charge in [0, 0.05) is 31.7 Å². The number of fused-ring (bicyclic) bond motifs is 1. The van der Waals surface area contributed by atoms with Gasteiger partial charge in [-0.15, -0.1) is 11.3 Å². The molecule has 2 aliphatic rings. The van der Waals surface area contributed by atoms with Crippen LogP contribution in [-0.2, 0) is 11.3 Å². The van der Waals surface area contributed by atoms with Crippen LogP contribution in [0.15, 0.2) is 43.0 Å². The van der Waals surface area contributed by atoms with E-state index < -0.39 is 12.3 Å². The number of aliphatic hydroxyl groups is 1. The van der Waals surface area contributed by atoms with E-state index in [9.17, 15) is 23.5 Å². The first-order chi connectivity index (χ1) is 18.3. The maximum Gasteiger partial charge on any atom is 0.272 e. The molecular weight excluding hydrogens is 512 g/mol. The minimum absolute atomic E-state index is 0.0154. The van der Waals surface area contributed by atoms with E-state index in [1.807, 2.05) is 22.8 Å². The number of aromatic nitrogens is 2. The van der Waals surface area contributed by atoms with Crippen molar-refractivity contribution in [2.45, 2.75) is 63.3 Å². The lowest BCUT2D eigenvalue weighted by Gasteiger charge is -2.32. The van der Waals surface area contributed by atoms with Crippen LogP contribution in [0.5, 0.6) is 0 Å². The number of nitrogens with one attached hydrogen (secondary N) is 2. The highest BCUT2D eigenvalue weighted by atomic mass is 32.1. The zero-order chi connectivity index (χ0) is 26.8. The maximum atomic E-state index is 13.1. The molecule has 0 spiro atoms. The fourth-order valence-electron chi connectivity index (χ4n) is 5.17. The molecule has 0 unspecified atom stereocenters. The van der Waals surface area contributed by atoms with Gasteiger partial charge in [-0.25, -0.2) is 13.8 Å². The van der Waals surface area contributed by atoms with Gasteiger partial charge in [0.25, 0.3) is 12.3 Å². The Balaban J connectivity index is 1.43. The predicted molar refractivity (Wildman–Crippen MR) is 142 cm³/mol. The first kappa shape index (κ1) is 26.5. The van der Waals surface area contributed by atoms with Gasteiger partial charge < -0.3 is 19.9 Å². The van der Waals surface area contributed by atoms with Gasteiger partial charge in [-0.1, -0.05) is 12.6 Å². The number of alkyl halides is 2. The van der Waals surface area contributed by atoms with Crippen molar-refractivity contribution in [2.75, 3.05) is 18.4 Å². The molecule has 3 aromatic rings. The molecule has 2 fully saturated rings. The zero-order valence-corrected chi connectivity index (χ0v) is 21.7. The average Bonchev–Trinajstić information content (AvgIpc) is 3.44. The molecule has 1 aliphatic heterocycles. The molecule has 0 bridgehead atoms. The second-order valence-electron chi connectivity index (χ2n) is 9.90. The average molecular weight is 544 g/mol. The quantitative estimate of drug-likeness (QED) is 0.360. The van der Waals surface area contributed by atoms with Crippen LogP contribution in [0, 0.1) is 0 Å². The first-order valence-corrected chi connectivity index (χ1v) is 13.7. The molecule has 38 heavy (non-hydrogen) atoms. The molecule has 2 amide bonds. The summed E-state index contributed by atoms with van der Waals surface area (Å²) in [5, 5.41) is 15.8. The number of aliphatic hydroxyl groups excluding tert-OH is 1. The monoisotopic (exact) mass is 543 g/mol. The molecule has 1 saturated carbocycles. The molecular formula is C27H31F2N5O3S. The molecule has 202 valence electrons. The standard InChI is InChI=1S/C27H31F2N5O3S/c1-2-24(36)33-10-3-4-18(9-11-33)34-21-6-5-16(15-30-17-13-19(35)14-17)12-20(21)31-27(34)32-26(37)23-8-7-22(38-23)25(28)29/h2,5-8,12,17-19,25,30,35H,1,3-4,9-11,13-15H2,(H,31,32,37)/t17-,18-,19-/m1/s1. The summed E-state index contributed by atoms with van der Waals surface area (Å²) in [6.07, 6.45) is 2.21. The van der Waals surface area contributed by atoms with Crippen LogP contribution in [0.4, 0.5) is 14.7 Å². The highest BCUT2D eigenvalue weighted by Gasteiger charge is 2.28. The van der Waals surface area contributed by atoms with Crippen LogP contribution in [0.25, 0.3) is 11.0 Å².